The van der Waals surface area contributed by atoms with Crippen LogP contribution in [0.2, 0.25) is 0 Å². The summed E-state index contributed by atoms with van der Waals surface area (Å²) >= 11 is 0. The average molecular weight is 585 g/mol. The smallest absolute Gasteiger partial charge is 0.407 e. The van der Waals surface area contributed by atoms with Gasteiger partial charge in [-0.25, -0.2) is 14.0 Å². The molecule has 2 N–H and O–H groups in total. The lowest BCUT2D eigenvalue weighted by molar-refractivity contribution is -0.145. The van der Waals surface area contributed by atoms with E-state index in [4.69, 9.17) is 14.2 Å². The van der Waals surface area contributed by atoms with Crippen LogP contribution in [-0.4, -0.2) is 59.7 Å². The zero-order valence-corrected chi connectivity index (χ0v) is 25.4. The third-order valence-corrected chi connectivity index (χ3v) is 6.27. The largest absolute Gasteiger partial charge is 0.494 e. The number of unbranched alkanes of at least 4 members (excludes halogenated alkanes) is 1. The highest BCUT2D eigenvalue weighted by Gasteiger charge is 2.35. The Morgan fingerprint density at radius 2 is 1.69 bits per heavy atom. The van der Waals surface area contributed by atoms with Crippen molar-refractivity contribution < 1.29 is 33.0 Å². The summed E-state index contributed by atoms with van der Waals surface area (Å²) in [5.74, 6) is -0.841. The Hall–Kier alpha value is -4.15. The fourth-order valence-electron chi connectivity index (χ4n) is 4.16. The minimum absolute atomic E-state index is 0.144. The number of amides is 2. The van der Waals surface area contributed by atoms with E-state index in [0.717, 1.165) is 5.56 Å². The maximum absolute atomic E-state index is 13.5. The number of aromatic nitrogens is 2. The minimum Gasteiger partial charge on any atom is -0.494 e. The molecule has 0 aliphatic carbocycles. The summed E-state index contributed by atoms with van der Waals surface area (Å²) in [6.07, 6.45) is 0.935. The number of esters is 1. The Balaban J connectivity index is 1.77. The van der Waals surface area contributed by atoms with E-state index in [0.29, 0.717) is 42.6 Å². The summed E-state index contributed by atoms with van der Waals surface area (Å²) in [6, 6.07) is 10.5. The molecule has 0 fully saturated rings. The van der Waals surface area contributed by atoms with Crippen molar-refractivity contribution in [3.05, 3.63) is 59.5 Å². The number of methoxy groups -OCH3 is 1. The summed E-state index contributed by atoms with van der Waals surface area (Å²) in [5.41, 5.74) is 0.423. The summed E-state index contributed by atoms with van der Waals surface area (Å²) in [7, 11) is 1.28. The average Bonchev–Trinajstić information content (AvgIpc) is 3.26. The molecule has 11 heteroatoms. The van der Waals surface area contributed by atoms with Gasteiger partial charge in [0.15, 0.2) is 5.69 Å². The van der Waals surface area contributed by atoms with Gasteiger partial charge in [0.2, 0.25) is 0 Å². The molecule has 0 spiro atoms. The molecule has 1 unspecified atom stereocenters. The summed E-state index contributed by atoms with van der Waals surface area (Å²) in [4.78, 5) is 37.6. The highest BCUT2D eigenvalue weighted by molar-refractivity contribution is 6.06. The van der Waals surface area contributed by atoms with Crippen molar-refractivity contribution in [3.8, 4) is 5.75 Å². The van der Waals surface area contributed by atoms with Crippen molar-refractivity contribution in [2.45, 2.75) is 72.6 Å². The fourth-order valence-corrected chi connectivity index (χ4v) is 4.16. The van der Waals surface area contributed by atoms with Crippen LogP contribution in [0.1, 0.15) is 70.4 Å². The lowest BCUT2D eigenvalue weighted by atomic mass is 9.86. The number of halogens is 1. The van der Waals surface area contributed by atoms with Gasteiger partial charge in [-0.15, -0.1) is 0 Å². The van der Waals surface area contributed by atoms with Gasteiger partial charge in [0, 0.05) is 18.0 Å². The highest BCUT2D eigenvalue weighted by atomic mass is 19.1. The Morgan fingerprint density at radius 3 is 2.31 bits per heavy atom. The Kier molecular flexibility index (Phi) is 10.5. The van der Waals surface area contributed by atoms with Gasteiger partial charge in [-0.2, -0.15) is 5.10 Å². The lowest BCUT2D eigenvalue weighted by Crippen LogP contribution is -2.49. The molecule has 0 radical (unpaired) electrons. The van der Waals surface area contributed by atoms with E-state index >= 15 is 0 Å². The van der Waals surface area contributed by atoms with Gasteiger partial charge < -0.3 is 24.8 Å². The van der Waals surface area contributed by atoms with Gasteiger partial charge in [0.1, 0.15) is 23.2 Å². The van der Waals surface area contributed by atoms with Gasteiger partial charge in [0.25, 0.3) is 5.91 Å². The number of hydrogen-bond acceptors (Lipinski definition) is 7. The number of carbonyl (C=O) groups is 3. The molecule has 2 aromatic carbocycles. The maximum atomic E-state index is 13.5. The number of alkyl carbamates (subject to hydrolysis) is 1. The number of benzene rings is 2. The molecular weight excluding hydrogens is 543 g/mol. The van der Waals surface area contributed by atoms with E-state index < -0.39 is 35.0 Å². The van der Waals surface area contributed by atoms with Gasteiger partial charge in [-0.1, -0.05) is 32.9 Å². The van der Waals surface area contributed by atoms with Gasteiger partial charge in [0.05, 0.1) is 25.8 Å². The van der Waals surface area contributed by atoms with Gasteiger partial charge >= 0.3 is 12.1 Å². The third-order valence-electron chi connectivity index (χ3n) is 6.27. The second-order valence-corrected chi connectivity index (χ2v) is 12.1. The lowest BCUT2D eigenvalue weighted by Gasteiger charge is -2.28. The predicted molar refractivity (Wildman–Crippen MR) is 157 cm³/mol. The van der Waals surface area contributed by atoms with E-state index in [9.17, 15) is 18.8 Å². The topological polar surface area (TPSA) is 121 Å². The van der Waals surface area contributed by atoms with E-state index in [1.807, 2.05) is 41.5 Å². The zero-order chi connectivity index (χ0) is 31.1. The number of rotatable bonds is 11. The van der Waals surface area contributed by atoms with Crippen molar-refractivity contribution in [3.63, 3.8) is 0 Å². The fraction of sp³-hybridized carbons (Fsp3) is 0.484. The molecule has 0 aliphatic heterocycles. The van der Waals surface area contributed by atoms with Crippen LogP contribution in [0.15, 0.2) is 42.5 Å². The van der Waals surface area contributed by atoms with Crippen LogP contribution in [0.25, 0.3) is 10.9 Å². The normalized spacial score (nSPS) is 12.5. The maximum Gasteiger partial charge on any atom is 0.407 e. The van der Waals surface area contributed by atoms with Crippen molar-refractivity contribution in [1.82, 2.24) is 20.4 Å². The number of fused-ring (bicyclic) bond motifs is 1. The first-order valence-corrected chi connectivity index (χ1v) is 13.9. The molecule has 10 nitrogen and oxygen atoms in total. The summed E-state index contributed by atoms with van der Waals surface area (Å²) in [6.45, 7) is 12.1. The van der Waals surface area contributed by atoms with Crippen LogP contribution < -0.4 is 15.4 Å². The molecule has 0 saturated heterocycles. The SMILES string of the molecule is COC(=O)C(NC(=O)c1nn(Cc2ccc(F)cc2)c2cc(OCCCCNC(=O)OC(C)(C)C)ccc12)C(C)(C)C. The number of nitrogens with one attached hydrogen (secondary N) is 2. The monoisotopic (exact) mass is 584 g/mol. The van der Waals surface area contributed by atoms with Crippen LogP contribution in [0.5, 0.6) is 5.75 Å². The molecule has 3 aromatic rings. The van der Waals surface area contributed by atoms with Crippen molar-refractivity contribution in [2.75, 3.05) is 20.3 Å². The molecule has 228 valence electrons. The minimum atomic E-state index is -0.889. The van der Waals surface area contributed by atoms with E-state index in [2.05, 4.69) is 15.7 Å². The van der Waals surface area contributed by atoms with Crippen molar-refractivity contribution in [1.29, 1.82) is 0 Å². The standard InChI is InChI=1S/C31H41FN4O6/c1-30(2,3)26(28(38)40-7)34-27(37)25-23-15-14-22(41-17-9-8-16-33-29(39)42-31(4,5)6)18-24(23)36(35-25)19-20-10-12-21(32)13-11-20/h10-15,18,26H,8-9,16-17,19H2,1-7H3,(H,33,39)(H,34,37). The second kappa shape index (κ2) is 13.7. The molecule has 0 saturated carbocycles. The summed E-state index contributed by atoms with van der Waals surface area (Å²) < 4.78 is 31.2. The second-order valence-electron chi connectivity index (χ2n) is 12.1. The Bertz CT molecular complexity index is 1390. The zero-order valence-electron chi connectivity index (χ0n) is 25.4. The molecule has 2 amide bonds. The van der Waals surface area contributed by atoms with Crippen molar-refractivity contribution >= 4 is 28.9 Å². The quantitative estimate of drug-likeness (QED) is 0.234. The molecule has 0 aliphatic rings. The van der Waals surface area contributed by atoms with Crippen LogP contribution in [-0.2, 0) is 20.8 Å². The van der Waals surface area contributed by atoms with Gasteiger partial charge in [-0.05, 0) is 68.9 Å². The molecular formula is C31H41FN4O6. The molecule has 0 bridgehead atoms. The molecule has 1 aromatic heterocycles. The Labute approximate surface area is 245 Å². The van der Waals surface area contributed by atoms with Crippen LogP contribution in [0, 0.1) is 11.2 Å². The van der Waals surface area contributed by atoms with Crippen LogP contribution >= 0.6 is 0 Å². The molecule has 42 heavy (non-hydrogen) atoms. The van der Waals surface area contributed by atoms with E-state index in [1.165, 1.54) is 19.2 Å². The molecule has 1 heterocycles. The first-order valence-electron chi connectivity index (χ1n) is 13.9. The third kappa shape index (κ3) is 9.19. The highest BCUT2D eigenvalue weighted by Crippen LogP contribution is 2.27. The predicted octanol–water partition coefficient (Wildman–Crippen LogP) is 5.22. The van der Waals surface area contributed by atoms with Gasteiger partial charge in [-0.3, -0.25) is 9.48 Å². The van der Waals surface area contributed by atoms with Crippen LogP contribution in [0.3, 0.4) is 0 Å². The van der Waals surface area contributed by atoms with E-state index in [1.54, 1.807) is 35.0 Å². The molecule has 3 rings (SSSR count). The van der Waals surface area contributed by atoms with Crippen molar-refractivity contribution in [2.24, 2.45) is 5.41 Å². The first-order chi connectivity index (χ1) is 19.7. The summed E-state index contributed by atoms with van der Waals surface area (Å²) in [5, 5.41) is 10.7. The first kappa shape index (κ1) is 32.4. The number of nitrogens with zero attached hydrogens (tertiary/aromatic N) is 2. The molecule has 1 atom stereocenters. The number of hydrogen-bond donors (Lipinski definition) is 2. The van der Waals surface area contributed by atoms with Crippen LogP contribution in [0.4, 0.5) is 9.18 Å². The number of ether oxygens (including phenoxy) is 3. The Morgan fingerprint density at radius 1 is 1.00 bits per heavy atom. The number of carbonyl (C=O) groups excluding carboxylic acids is 3. The van der Waals surface area contributed by atoms with E-state index in [-0.39, 0.29) is 18.1 Å².